The van der Waals surface area contributed by atoms with Crippen LogP contribution in [0.2, 0.25) is 0 Å². The average Bonchev–Trinajstić information content (AvgIpc) is 3.54. The quantitative estimate of drug-likeness (QED) is 0.198. The van der Waals surface area contributed by atoms with Crippen molar-refractivity contribution in [2.45, 2.75) is 21.2 Å². The highest BCUT2D eigenvalue weighted by Gasteiger charge is 2.50. The van der Waals surface area contributed by atoms with Gasteiger partial charge in [-0.15, -0.1) is 0 Å². The van der Waals surface area contributed by atoms with Crippen LogP contribution < -0.4 is 5.32 Å². The molecule has 8 aromatic rings. The Kier molecular flexibility index (Phi) is 7.08. The van der Waals surface area contributed by atoms with Crippen LogP contribution in [0.3, 0.4) is 0 Å². The van der Waals surface area contributed by atoms with E-state index < -0.39 is 5.41 Å². The number of benzene rings is 7. The molecule has 1 aromatic heterocycles. The molecule has 0 amide bonds. The van der Waals surface area contributed by atoms with Gasteiger partial charge in [0.2, 0.25) is 0 Å². The minimum absolute atomic E-state index is 0.123. The van der Waals surface area contributed by atoms with Crippen molar-refractivity contribution in [1.29, 1.82) is 0 Å². The predicted octanol–water partition coefficient (Wildman–Crippen LogP) is 11.9. The van der Waals surface area contributed by atoms with Gasteiger partial charge < -0.3 is 5.32 Å². The molecule has 0 saturated carbocycles. The standard InChI is InChI=1S/C50H33N3S/c1-3-13-32(14-4-1)44-31-45(53-49(52-44)34-15-5-2-6-16-34)36-25-27-47-43(30-36)50(40-22-9-7-19-38(40)39-20-8-10-23-41(39)50)42-29-35(24-26-46(42)54-47)37-21-11-17-33-18-12-28-51-48(33)37/h1-31,44H,(H,52,53). The SMILES string of the molecule is C1=C(c2ccc3c(c2)C2(c4cc(-c5cccc6cccnc56)ccc4S3)c3ccccc3-c3ccccc32)NC(c2ccccc2)=NC1c1ccccc1. The molecule has 0 saturated heterocycles. The third-order valence-corrected chi connectivity index (χ3v) is 12.4. The Hall–Kier alpha value is -6.49. The van der Waals surface area contributed by atoms with Crippen LogP contribution in [0.5, 0.6) is 0 Å². The van der Waals surface area contributed by atoms with Gasteiger partial charge >= 0.3 is 0 Å². The summed E-state index contributed by atoms with van der Waals surface area (Å²) in [5.41, 5.74) is 15.0. The van der Waals surface area contributed by atoms with Gasteiger partial charge in [-0.2, -0.15) is 0 Å². The lowest BCUT2D eigenvalue weighted by Gasteiger charge is -2.40. The maximum absolute atomic E-state index is 5.23. The highest BCUT2D eigenvalue weighted by molar-refractivity contribution is 7.99. The molecule has 0 radical (unpaired) electrons. The summed E-state index contributed by atoms with van der Waals surface area (Å²) in [6.45, 7) is 0. The molecule has 0 fully saturated rings. The number of nitrogens with one attached hydrogen (secondary N) is 1. The largest absolute Gasteiger partial charge is 0.340 e. The van der Waals surface area contributed by atoms with Gasteiger partial charge in [-0.25, -0.2) is 0 Å². The zero-order valence-corrected chi connectivity index (χ0v) is 30.1. The van der Waals surface area contributed by atoms with Gasteiger partial charge in [-0.1, -0.05) is 157 Å². The maximum atomic E-state index is 5.23. The van der Waals surface area contributed by atoms with Crippen LogP contribution in [0.15, 0.2) is 203 Å². The third-order valence-electron chi connectivity index (χ3n) is 11.2. The Balaban J connectivity index is 1.15. The van der Waals surface area contributed by atoms with Crippen molar-refractivity contribution in [3.8, 4) is 22.3 Å². The molecule has 1 atom stereocenters. The van der Waals surface area contributed by atoms with Crippen LogP contribution >= 0.6 is 11.8 Å². The van der Waals surface area contributed by atoms with Crippen molar-refractivity contribution < 1.29 is 0 Å². The number of hydrogen-bond acceptors (Lipinski definition) is 4. The van der Waals surface area contributed by atoms with Gasteiger partial charge in [0.05, 0.1) is 17.0 Å². The minimum Gasteiger partial charge on any atom is -0.340 e. The maximum Gasteiger partial charge on any atom is 0.133 e. The predicted molar refractivity (Wildman–Crippen MR) is 222 cm³/mol. The first-order valence-corrected chi connectivity index (χ1v) is 19.3. The summed E-state index contributed by atoms with van der Waals surface area (Å²) in [6, 6.07) is 63.7. The lowest BCUT2D eigenvalue weighted by molar-refractivity contribution is 0.722. The number of fused-ring (bicyclic) bond motifs is 10. The van der Waals surface area contributed by atoms with E-state index in [-0.39, 0.29) is 6.04 Å². The van der Waals surface area contributed by atoms with Crippen molar-refractivity contribution >= 4 is 34.2 Å². The molecule has 4 heteroatoms. The van der Waals surface area contributed by atoms with E-state index in [1.54, 1.807) is 0 Å². The van der Waals surface area contributed by atoms with E-state index >= 15 is 0 Å². The molecule has 3 aliphatic rings. The molecule has 2 aliphatic heterocycles. The fourth-order valence-corrected chi connectivity index (χ4v) is 10.00. The molecule has 1 aliphatic carbocycles. The second kappa shape index (κ2) is 12.3. The van der Waals surface area contributed by atoms with Crippen molar-refractivity contribution in [1.82, 2.24) is 10.3 Å². The Labute approximate surface area is 318 Å². The van der Waals surface area contributed by atoms with E-state index in [0.29, 0.717) is 0 Å². The summed E-state index contributed by atoms with van der Waals surface area (Å²) in [7, 11) is 0. The van der Waals surface area contributed by atoms with E-state index in [2.05, 4.69) is 181 Å². The number of para-hydroxylation sites is 1. The fourth-order valence-electron chi connectivity index (χ4n) is 8.84. The Morgan fingerprint density at radius 3 is 1.85 bits per heavy atom. The van der Waals surface area contributed by atoms with Crippen LogP contribution in [0, 0.1) is 0 Å². The second-order valence-electron chi connectivity index (χ2n) is 14.2. The lowest BCUT2D eigenvalue weighted by Crippen LogP contribution is -2.32. The number of hydrogen-bond donors (Lipinski definition) is 1. The highest BCUT2D eigenvalue weighted by atomic mass is 32.2. The van der Waals surface area contributed by atoms with Crippen LogP contribution in [0.1, 0.15) is 45.0 Å². The van der Waals surface area contributed by atoms with Gasteiger partial charge in [0.15, 0.2) is 0 Å². The average molecular weight is 708 g/mol. The second-order valence-corrected chi connectivity index (χ2v) is 15.2. The van der Waals surface area contributed by atoms with E-state index in [0.717, 1.165) is 44.7 Å². The Morgan fingerprint density at radius 1 is 0.500 bits per heavy atom. The lowest BCUT2D eigenvalue weighted by atomic mass is 9.66. The van der Waals surface area contributed by atoms with Gasteiger partial charge in [-0.05, 0) is 86.5 Å². The molecular weight excluding hydrogens is 675 g/mol. The minimum atomic E-state index is -0.530. The number of nitrogens with zero attached hydrogens (tertiary/aromatic N) is 2. The third kappa shape index (κ3) is 4.70. The first-order chi connectivity index (χ1) is 26.8. The first-order valence-electron chi connectivity index (χ1n) is 18.4. The summed E-state index contributed by atoms with van der Waals surface area (Å²) in [4.78, 5) is 12.6. The smallest absolute Gasteiger partial charge is 0.133 e. The van der Waals surface area contributed by atoms with Gasteiger partial charge in [0.25, 0.3) is 0 Å². The zero-order chi connectivity index (χ0) is 35.6. The molecule has 3 nitrogen and oxygen atoms in total. The van der Waals surface area contributed by atoms with Crippen molar-refractivity contribution in [2.24, 2.45) is 4.99 Å². The number of aromatic nitrogens is 1. The van der Waals surface area contributed by atoms with Gasteiger partial charge in [-0.3, -0.25) is 9.98 Å². The molecule has 1 unspecified atom stereocenters. The van der Waals surface area contributed by atoms with E-state index in [1.807, 2.05) is 24.0 Å². The number of aliphatic imine (C=N–C) groups is 1. The monoisotopic (exact) mass is 707 g/mol. The summed E-state index contributed by atoms with van der Waals surface area (Å²) in [5, 5.41) is 4.92. The van der Waals surface area contributed by atoms with Crippen molar-refractivity contribution in [2.75, 3.05) is 0 Å². The molecule has 0 bridgehead atoms. The Morgan fingerprint density at radius 2 is 1.11 bits per heavy atom. The molecular formula is C50H33N3S. The highest BCUT2D eigenvalue weighted by Crippen LogP contribution is 2.62. The van der Waals surface area contributed by atoms with Crippen molar-refractivity contribution in [3.63, 3.8) is 0 Å². The normalized spacial score (nSPS) is 16.0. The van der Waals surface area contributed by atoms with E-state index in [4.69, 9.17) is 9.98 Å². The summed E-state index contributed by atoms with van der Waals surface area (Å²) in [5.74, 6) is 0.874. The summed E-state index contributed by atoms with van der Waals surface area (Å²) in [6.07, 6.45) is 4.18. The summed E-state index contributed by atoms with van der Waals surface area (Å²) < 4.78 is 0. The van der Waals surface area contributed by atoms with E-state index in [9.17, 15) is 0 Å². The van der Waals surface area contributed by atoms with Gasteiger partial charge in [0.1, 0.15) is 5.84 Å². The molecule has 54 heavy (non-hydrogen) atoms. The van der Waals surface area contributed by atoms with Crippen LogP contribution in [0.25, 0.3) is 38.9 Å². The van der Waals surface area contributed by atoms with Crippen LogP contribution in [0.4, 0.5) is 0 Å². The topological polar surface area (TPSA) is 37.3 Å². The molecule has 254 valence electrons. The van der Waals surface area contributed by atoms with E-state index in [1.165, 1.54) is 48.7 Å². The van der Waals surface area contributed by atoms with Gasteiger partial charge in [0, 0.05) is 38.2 Å². The van der Waals surface area contributed by atoms with Crippen molar-refractivity contribution in [3.05, 3.63) is 227 Å². The molecule has 11 rings (SSSR count). The fraction of sp³-hybridized carbons (Fsp3) is 0.0400. The number of rotatable bonds is 4. The first kappa shape index (κ1) is 31.1. The van der Waals surface area contributed by atoms with Crippen LogP contribution in [-0.2, 0) is 5.41 Å². The number of amidine groups is 1. The summed E-state index contributed by atoms with van der Waals surface area (Å²) >= 11 is 1.87. The zero-order valence-electron chi connectivity index (χ0n) is 29.3. The number of pyridine rings is 1. The molecule has 1 N–H and O–H groups in total. The molecule has 3 heterocycles. The van der Waals surface area contributed by atoms with Crippen LogP contribution in [-0.4, -0.2) is 10.8 Å². The Bertz CT molecular complexity index is 2790. The molecule has 1 spiro atoms. The molecule has 7 aromatic carbocycles.